The first-order valence-corrected chi connectivity index (χ1v) is 9.94. The van der Waals surface area contributed by atoms with Gasteiger partial charge in [0.2, 0.25) is 23.6 Å². The van der Waals surface area contributed by atoms with Crippen molar-refractivity contribution in [3.63, 3.8) is 0 Å². The van der Waals surface area contributed by atoms with E-state index >= 15 is 0 Å². The summed E-state index contributed by atoms with van der Waals surface area (Å²) in [5.74, 6) is -3.35. The van der Waals surface area contributed by atoms with Crippen LogP contribution < -0.4 is 27.0 Å². The van der Waals surface area contributed by atoms with Crippen LogP contribution in [0.1, 0.15) is 27.2 Å². The lowest BCUT2D eigenvalue weighted by atomic mass is 10.0. The van der Waals surface area contributed by atoms with E-state index in [0.717, 1.165) is 17.1 Å². The molecule has 2 atom stereocenters. The van der Waals surface area contributed by atoms with E-state index in [1.807, 2.05) is 0 Å². The van der Waals surface area contributed by atoms with Gasteiger partial charge in [0.15, 0.2) is 0 Å². The quantitative estimate of drug-likeness (QED) is 0.203. The summed E-state index contributed by atoms with van der Waals surface area (Å²) >= 11 is 0. The van der Waals surface area contributed by atoms with Crippen molar-refractivity contribution in [2.75, 3.05) is 26.2 Å². The van der Waals surface area contributed by atoms with Gasteiger partial charge in [-0.3, -0.25) is 33.7 Å². The van der Waals surface area contributed by atoms with Gasteiger partial charge in [0.25, 0.3) is 11.8 Å². The maximum Gasteiger partial charge on any atom is 0.253 e. The van der Waals surface area contributed by atoms with E-state index in [0.29, 0.717) is 0 Å². The van der Waals surface area contributed by atoms with Crippen molar-refractivity contribution < 1.29 is 28.8 Å². The SMILES string of the molecule is CC(C)[C@H](NC(=O)CCN1C(=O)C=CC1=O)C(=O)N[C@@H](C)C(=O)NCC(=O)NCCN. The zero-order valence-corrected chi connectivity index (χ0v) is 17.9. The maximum atomic E-state index is 12.6. The number of hydrogen-bond donors (Lipinski definition) is 5. The molecule has 12 nitrogen and oxygen atoms in total. The third-order valence-electron chi connectivity index (χ3n) is 4.37. The smallest absolute Gasteiger partial charge is 0.253 e. The Bertz CT molecular complexity index is 732. The molecule has 12 heteroatoms. The largest absolute Gasteiger partial charge is 0.353 e. The summed E-state index contributed by atoms with van der Waals surface area (Å²) in [6, 6.07) is -1.88. The van der Waals surface area contributed by atoms with Crippen molar-refractivity contribution >= 4 is 35.4 Å². The Morgan fingerprint density at radius 1 is 0.935 bits per heavy atom. The van der Waals surface area contributed by atoms with Crippen LogP contribution in [0.5, 0.6) is 0 Å². The fourth-order valence-electron chi connectivity index (χ4n) is 2.61. The van der Waals surface area contributed by atoms with Crippen LogP contribution in [0.3, 0.4) is 0 Å². The van der Waals surface area contributed by atoms with E-state index in [1.165, 1.54) is 6.92 Å². The second-order valence-corrected chi connectivity index (χ2v) is 7.29. The molecule has 0 unspecified atom stereocenters. The van der Waals surface area contributed by atoms with Gasteiger partial charge in [-0.05, 0) is 12.8 Å². The van der Waals surface area contributed by atoms with Crippen molar-refractivity contribution in [2.24, 2.45) is 11.7 Å². The zero-order valence-electron chi connectivity index (χ0n) is 17.9. The molecule has 0 saturated heterocycles. The van der Waals surface area contributed by atoms with Gasteiger partial charge in [0.05, 0.1) is 6.54 Å². The molecule has 1 heterocycles. The highest BCUT2D eigenvalue weighted by molar-refractivity contribution is 6.13. The van der Waals surface area contributed by atoms with Gasteiger partial charge >= 0.3 is 0 Å². The predicted molar refractivity (Wildman–Crippen MR) is 110 cm³/mol. The first-order valence-electron chi connectivity index (χ1n) is 9.94. The van der Waals surface area contributed by atoms with E-state index in [9.17, 15) is 28.8 Å². The lowest BCUT2D eigenvalue weighted by Gasteiger charge is -2.24. The van der Waals surface area contributed by atoms with Crippen LogP contribution >= 0.6 is 0 Å². The molecular formula is C19H30N6O6. The second-order valence-electron chi connectivity index (χ2n) is 7.29. The minimum atomic E-state index is -0.945. The van der Waals surface area contributed by atoms with Gasteiger partial charge in [0, 0.05) is 38.2 Å². The molecule has 0 aliphatic carbocycles. The number of nitrogens with one attached hydrogen (secondary N) is 4. The number of carbonyl (C=O) groups excluding carboxylic acids is 6. The lowest BCUT2D eigenvalue weighted by Crippen LogP contribution is -2.55. The molecule has 0 saturated carbocycles. The number of amides is 6. The molecule has 0 aromatic heterocycles. The molecule has 6 N–H and O–H groups in total. The Labute approximate surface area is 180 Å². The van der Waals surface area contributed by atoms with Gasteiger partial charge in [0.1, 0.15) is 12.1 Å². The molecule has 1 aliphatic rings. The van der Waals surface area contributed by atoms with Gasteiger partial charge in [-0.25, -0.2) is 0 Å². The Kier molecular flexibility index (Phi) is 10.3. The molecule has 0 spiro atoms. The predicted octanol–water partition coefficient (Wildman–Crippen LogP) is -2.86. The third kappa shape index (κ3) is 8.54. The minimum absolute atomic E-state index is 0.103. The van der Waals surface area contributed by atoms with E-state index in [1.54, 1.807) is 13.8 Å². The van der Waals surface area contributed by atoms with E-state index < -0.39 is 47.5 Å². The van der Waals surface area contributed by atoms with E-state index in [2.05, 4.69) is 21.3 Å². The van der Waals surface area contributed by atoms with Crippen LogP contribution in [0.25, 0.3) is 0 Å². The summed E-state index contributed by atoms with van der Waals surface area (Å²) in [5.41, 5.74) is 5.27. The Morgan fingerprint density at radius 3 is 2.10 bits per heavy atom. The Hall–Kier alpha value is -3.28. The lowest BCUT2D eigenvalue weighted by molar-refractivity contribution is -0.138. The van der Waals surface area contributed by atoms with Gasteiger partial charge in [-0.2, -0.15) is 0 Å². The summed E-state index contributed by atoms with van der Waals surface area (Å²) in [6.07, 6.45) is 2.08. The highest BCUT2D eigenvalue weighted by Gasteiger charge is 2.28. The Morgan fingerprint density at radius 2 is 1.55 bits per heavy atom. The van der Waals surface area contributed by atoms with Crippen molar-refractivity contribution in [1.29, 1.82) is 0 Å². The highest BCUT2D eigenvalue weighted by Crippen LogP contribution is 2.06. The van der Waals surface area contributed by atoms with Crippen LogP contribution in [-0.4, -0.2) is 78.6 Å². The van der Waals surface area contributed by atoms with Crippen LogP contribution in [-0.2, 0) is 28.8 Å². The van der Waals surface area contributed by atoms with Gasteiger partial charge in [-0.15, -0.1) is 0 Å². The number of imide groups is 1. The first-order chi connectivity index (χ1) is 14.6. The van der Waals surface area contributed by atoms with Gasteiger partial charge < -0.3 is 27.0 Å². The molecule has 31 heavy (non-hydrogen) atoms. The second kappa shape index (κ2) is 12.4. The molecule has 0 radical (unpaired) electrons. The van der Waals surface area contributed by atoms with Crippen molar-refractivity contribution in [3.05, 3.63) is 12.2 Å². The fourth-order valence-corrected chi connectivity index (χ4v) is 2.61. The first kappa shape index (κ1) is 25.8. The molecule has 6 amide bonds. The normalized spacial score (nSPS) is 14.9. The fraction of sp³-hybridized carbons (Fsp3) is 0.579. The number of nitrogens with zero attached hydrogens (tertiary/aromatic N) is 1. The molecule has 0 aromatic carbocycles. The van der Waals surface area contributed by atoms with E-state index in [4.69, 9.17) is 5.73 Å². The van der Waals surface area contributed by atoms with Crippen LogP contribution in [0.4, 0.5) is 0 Å². The third-order valence-corrected chi connectivity index (χ3v) is 4.37. The molecule has 172 valence electrons. The molecule has 0 bridgehead atoms. The van der Waals surface area contributed by atoms with Crippen molar-refractivity contribution in [2.45, 2.75) is 39.3 Å². The van der Waals surface area contributed by atoms with Gasteiger partial charge in [-0.1, -0.05) is 13.8 Å². The van der Waals surface area contributed by atoms with Crippen LogP contribution in [0.2, 0.25) is 0 Å². The number of rotatable bonds is 12. The average Bonchev–Trinajstić information content (AvgIpc) is 3.03. The van der Waals surface area contributed by atoms with E-state index in [-0.39, 0.29) is 38.5 Å². The molecule has 1 aliphatic heterocycles. The van der Waals surface area contributed by atoms with Crippen molar-refractivity contribution in [1.82, 2.24) is 26.2 Å². The number of hydrogen-bond acceptors (Lipinski definition) is 7. The van der Waals surface area contributed by atoms with Crippen molar-refractivity contribution in [3.8, 4) is 0 Å². The summed E-state index contributed by atoms with van der Waals surface area (Å²) < 4.78 is 0. The topological polar surface area (TPSA) is 180 Å². The minimum Gasteiger partial charge on any atom is -0.353 e. The molecule has 0 fully saturated rings. The highest BCUT2D eigenvalue weighted by atomic mass is 16.2. The monoisotopic (exact) mass is 438 g/mol. The molecular weight excluding hydrogens is 408 g/mol. The summed E-state index contributed by atoms with van der Waals surface area (Å²) in [7, 11) is 0. The Balaban J connectivity index is 2.51. The maximum absolute atomic E-state index is 12.6. The summed E-state index contributed by atoms with van der Waals surface area (Å²) in [4.78, 5) is 72.3. The number of carbonyl (C=O) groups is 6. The number of nitrogens with two attached hydrogens (primary N) is 1. The zero-order chi connectivity index (χ0) is 23.6. The van der Waals surface area contributed by atoms with Crippen LogP contribution in [0, 0.1) is 5.92 Å². The molecule has 1 rings (SSSR count). The van der Waals surface area contributed by atoms with Crippen LogP contribution in [0.15, 0.2) is 12.2 Å². The standard InChI is InChI=1S/C19H30N6O6/c1-11(2)17(24-13(26)6-9-25-15(28)4-5-16(25)29)19(31)23-12(3)18(30)22-10-14(27)21-8-7-20/h4-5,11-12,17H,6-10,20H2,1-3H3,(H,21,27)(H,22,30)(H,23,31)(H,24,26)/t12-,17-/m0/s1. The summed E-state index contributed by atoms with van der Waals surface area (Å²) in [6.45, 7) is 5.08. The summed E-state index contributed by atoms with van der Waals surface area (Å²) in [5, 5.41) is 9.95. The average molecular weight is 438 g/mol. The molecule has 0 aromatic rings.